The molecule has 0 amide bonds. The Balaban J connectivity index is 1.83. The third-order valence-electron chi connectivity index (χ3n) is 2.72. The summed E-state index contributed by atoms with van der Waals surface area (Å²) in [4.78, 5) is 4.19. The number of halogens is 3. The molecule has 0 spiro atoms. The van der Waals surface area contributed by atoms with Crippen molar-refractivity contribution in [2.24, 2.45) is 0 Å². The van der Waals surface area contributed by atoms with Crippen LogP contribution in [0.15, 0.2) is 40.8 Å². The zero-order valence-corrected chi connectivity index (χ0v) is 11.7. The zero-order valence-electron chi connectivity index (χ0n) is 10.2. The second-order valence-corrected chi connectivity index (χ2v) is 5.05. The van der Waals surface area contributed by atoms with Gasteiger partial charge in [-0.2, -0.15) is 0 Å². The molecule has 0 saturated heterocycles. The van der Waals surface area contributed by atoms with Crippen LogP contribution in [-0.4, -0.2) is 4.98 Å². The van der Waals surface area contributed by atoms with E-state index in [1.54, 1.807) is 12.1 Å². The van der Waals surface area contributed by atoms with Gasteiger partial charge in [0.1, 0.15) is 11.3 Å². The first-order valence-corrected chi connectivity index (χ1v) is 6.61. The summed E-state index contributed by atoms with van der Waals surface area (Å²) in [6.07, 6.45) is 0. The van der Waals surface area contributed by atoms with Gasteiger partial charge >= 0.3 is 0 Å². The van der Waals surface area contributed by atoms with Crippen molar-refractivity contribution in [3.05, 3.63) is 58.2 Å². The zero-order chi connectivity index (χ0) is 14.1. The van der Waals surface area contributed by atoms with Crippen LogP contribution in [0.1, 0.15) is 5.89 Å². The van der Waals surface area contributed by atoms with Crippen molar-refractivity contribution in [3.63, 3.8) is 0 Å². The lowest BCUT2D eigenvalue weighted by molar-refractivity contribution is 0.540. The number of fused-ring (bicyclic) bond motifs is 1. The van der Waals surface area contributed by atoms with Crippen molar-refractivity contribution in [1.82, 2.24) is 4.98 Å². The molecule has 0 atom stereocenters. The normalized spacial score (nSPS) is 10.9. The van der Waals surface area contributed by atoms with E-state index in [0.717, 1.165) is 5.69 Å². The second kappa shape index (κ2) is 5.31. The Labute approximate surface area is 124 Å². The Morgan fingerprint density at radius 3 is 2.85 bits per heavy atom. The van der Waals surface area contributed by atoms with E-state index in [4.69, 9.17) is 27.6 Å². The van der Waals surface area contributed by atoms with Gasteiger partial charge in [0.2, 0.25) is 5.89 Å². The van der Waals surface area contributed by atoms with E-state index in [1.807, 2.05) is 12.1 Å². The maximum Gasteiger partial charge on any atom is 0.214 e. The summed E-state index contributed by atoms with van der Waals surface area (Å²) in [6, 6.07) is 9.77. The highest BCUT2D eigenvalue weighted by Gasteiger charge is 2.11. The Hall–Kier alpha value is -1.78. The molecule has 0 fully saturated rings. The van der Waals surface area contributed by atoms with Crippen molar-refractivity contribution >= 4 is 40.0 Å². The fourth-order valence-electron chi connectivity index (χ4n) is 1.86. The minimum absolute atomic E-state index is 0.210. The van der Waals surface area contributed by atoms with Crippen LogP contribution < -0.4 is 5.32 Å². The summed E-state index contributed by atoms with van der Waals surface area (Å²) in [5.74, 6) is -0.0161. The molecule has 6 heteroatoms. The Morgan fingerprint density at radius 1 is 1.20 bits per heavy atom. The van der Waals surface area contributed by atoms with Crippen LogP contribution in [0.2, 0.25) is 10.0 Å². The van der Waals surface area contributed by atoms with Crippen LogP contribution in [-0.2, 0) is 6.54 Å². The van der Waals surface area contributed by atoms with Crippen molar-refractivity contribution < 1.29 is 8.81 Å². The molecule has 3 nitrogen and oxygen atoms in total. The minimum atomic E-state index is -0.440. The van der Waals surface area contributed by atoms with Crippen molar-refractivity contribution in [1.29, 1.82) is 0 Å². The number of aromatic nitrogens is 1. The first kappa shape index (κ1) is 13.2. The standard InChI is InChI=1S/C14H9Cl2FN2O/c15-8-2-1-3-10(4-8)18-7-13-19-12-6-9(17)5-11(16)14(12)20-13/h1-6,18H,7H2. The van der Waals surface area contributed by atoms with Gasteiger partial charge < -0.3 is 9.73 Å². The van der Waals surface area contributed by atoms with E-state index in [2.05, 4.69) is 10.3 Å². The van der Waals surface area contributed by atoms with Crippen LogP contribution in [0.5, 0.6) is 0 Å². The Kier molecular flexibility index (Phi) is 3.51. The van der Waals surface area contributed by atoms with Gasteiger partial charge in [0.05, 0.1) is 11.6 Å². The van der Waals surface area contributed by atoms with E-state index < -0.39 is 5.82 Å². The highest BCUT2D eigenvalue weighted by atomic mass is 35.5. The molecule has 2 aromatic carbocycles. The highest BCUT2D eigenvalue weighted by Crippen LogP contribution is 2.26. The molecule has 0 aliphatic rings. The largest absolute Gasteiger partial charge is 0.437 e. The van der Waals surface area contributed by atoms with Gasteiger partial charge in [-0.1, -0.05) is 29.3 Å². The van der Waals surface area contributed by atoms with Gasteiger partial charge in [-0.05, 0) is 24.3 Å². The summed E-state index contributed by atoms with van der Waals surface area (Å²) in [5, 5.41) is 3.97. The first-order chi connectivity index (χ1) is 9.61. The predicted molar refractivity (Wildman–Crippen MR) is 77.8 cm³/mol. The number of oxazole rings is 1. The Bertz CT molecular complexity index is 773. The van der Waals surface area contributed by atoms with E-state index in [-0.39, 0.29) is 5.02 Å². The van der Waals surface area contributed by atoms with E-state index in [1.165, 1.54) is 12.1 Å². The molecule has 3 aromatic rings. The number of nitrogens with zero attached hydrogens (tertiary/aromatic N) is 1. The molecular formula is C14H9Cl2FN2O. The molecule has 1 aromatic heterocycles. The molecule has 102 valence electrons. The summed E-state index contributed by atoms with van der Waals surface area (Å²) in [6.45, 7) is 0.354. The third kappa shape index (κ3) is 2.71. The van der Waals surface area contributed by atoms with Gasteiger partial charge in [0.15, 0.2) is 5.58 Å². The number of benzene rings is 2. The smallest absolute Gasteiger partial charge is 0.214 e. The minimum Gasteiger partial charge on any atom is -0.437 e. The first-order valence-electron chi connectivity index (χ1n) is 5.86. The predicted octanol–water partition coefficient (Wildman–Crippen LogP) is 4.89. The van der Waals surface area contributed by atoms with Gasteiger partial charge in [0, 0.05) is 16.8 Å². The van der Waals surface area contributed by atoms with Crippen LogP contribution in [0.25, 0.3) is 11.1 Å². The number of rotatable bonds is 3. The second-order valence-electron chi connectivity index (χ2n) is 4.21. The quantitative estimate of drug-likeness (QED) is 0.748. The van der Waals surface area contributed by atoms with Crippen LogP contribution in [0, 0.1) is 5.82 Å². The van der Waals surface area contributed by atoms with Gasteiger partial charge in [-0.25, -0.2) is 9.37 Å². The van der Waals surface area contributed by atoms with Gasteiger partial charge in [-0.3, -0.25) is 0 Å². The summed E-state index contributed by atoms with van der Waals surface area (Å²) >= 11 is 11.8. The molecule has 20 heavy (non-hydrogen) atoms. The average molecular weight is 311 g/mol. The van der Waals surface area contributed by atoms with Crippen molar-refractivity contribution in [3.8, 4) is 0 Å². The van der Waals surface area contributed by atoms with Crippen molar-refractivity contribution in [2.45, 2.75) is 6.54 Å². The molecule has 0 saturated carbocycles. The molecule has 0 aliphatic carbocycles. The summed E-state index contributed by atoms with van der Waals surface area (Å²) in [5.41, 5.74) is 1.63. The maximum absolute atomic E-state index is 13.2. The highest BCUT2D eigenvalue weighted by molar-refractivity contribution is 6.34. The molecule has 1 N–H and O–H groups in total. The molecule has 3 rings (SSSR count). The molecular weight excluding hydrogens is 302 g/mol. The molecule has 1 heterocycles. The van der Waals surface area contributed by atoms with E-state index in [9.17, 15) is 4.39 Å². The van der Waals surface area contributed by atoms with Gasteiger partial charge in [0.25, 0.3) is 0 Å². The Morgan fingerprint density at radius 2 is 2.05 bits per heavy atom. The lowest BCUT2D eigenvalue weighted by Crippen LogP contribution is -1.99. The average Bonchev–Trinajstić information content (AvgIpc) is 2.80. The molecule has 0 unspecified atom stereocenters. The lowest BCUT2D eigenvalue weighted by Gasteiger charge is -2.03. The molecule has 0 radical (unpaired) electrons. The SMILES string of the molecule is Fc1cc(Cl)c2oc(CNc3cccc(Cl)c3)nc2c1. The van der Waals surface area contributed by atoms with Crippen molar-refractivity contribution in [2.75, 3.05) is 5.32 Å². The number of hydrogen-bond acceptors (Lipinski definition) is 3. The lowest BCUT2D eigenvalue weighted by atomic mass is 10.3. The van der Waals surface area contributed by atoms with Crippen LogP contribution in [0.4, 0.5) is 10.1 Å². The maximum atomic E-state index is 13.2. The number of anilines is 1. The number of nitrogens with one attached hydrogen (secondary N) is 1. The van der Waals surface area contributed by atoms with Crippen LogP contribution in [0.3, 0.4) is 0 Å². The molecule has 0 bridgehead atoms. The summed E-state index contributed by atoms with van der Waals surface area (Å²) in [7, 11) is 0. The fraction of sp³-hybridized carbons (Fsp3) is 0.0714. The van der Waals surface area contributed by atoms with Crippen LogP contribution >= 0.6 is 23.2 Å². The fourth-order valence-corrected chi connectivity index (χ4v) is 2.29. The van der Waals surface area contributed by atoms with E-state index in [0.29, 0.717) is 28.6 Å². The topological polar surface area (TPSA) is 38.1 Å². The summed E-state index contributed by atoms with van der Waals surface area (Å²) < 4.78 is 18.7. The monoisotopic (exact) mass is 310 g/mol. The van der Waals surface area contributed by atoms with E-state index >= 15 is 0 Å². The molecule has 0 aliphatic heterocycles. The third-order valence-corrected chi connectivity index (χ3v) is 3.24. The number of hydrogen-bond donors (Lipinski definition) is 1. The van der Waals surface area contributed by atoms with Gasteiger partial charge in [-0.15, -0.1) is 0 Å².